The van der Waals surface area contributed by atoms with E-state index in [-0.39, 0.29) is 11.9 Å². The largest absolute Gasteiger partial charge is 0.477 e. The minimum Gasteiger partial charge on any atom is -0.477 e. The second-order valence-electron chi connectivity index (χ2n) is 6.37. The van der Waals surface area contributed by atoms with Gasteiger partial charge in [-0.25, -0.2) is 4.79 Å². The number of ether oxygens (including phenoxy) is 1. The van der Waals surface area contributed by atoms with Gasteiger partial charge in [-0.05, 0) is 43.2 Å². The number of hydrogen-bond acceptors (Lipinski definition) is 4. The second-order valence-corrected chi connectivity index (χ2v) is 7.54. The molecule has 0 saturated carbocycles. The Morgan fingerprint density at radius 3 is 2.65 bits per heavy atom. The lowest BCUT2D eigenvalue weighted by atomic mass is 10.1. The van der Waals surface area contributed by atoms with E-state index in [1.807, 2.05) is 31.2 Å². The van der Waals surface area contributed by atoms with Gasteiger partial charge in [0.2, 0.25) is 5.91 Å². The van der Waals surface area contributed by atoms with Crippen molar-refractivity contribution in [2.45, 2.75) is 32.4 Å². The maximum atomic E-state index is 12.3. The molecule has 1 aromatic carbocycles. The van der Waals surface area contributed by atoms with Gasteiger partial charge >= 0.3 is 5.97 Å². The molecule has 0 spiro atoms. The van der Waals surface area contributed by atoms with Gasteiger partial charge in [0.1, 0.15) is 4.88 Å². The first-order chi connectivity index (χ1) is 12.5. The second kappa shape index (κ2) is 7.85. The Hall–Kier alpha value is -2.44. The van der Waals surface area contributed by atoms with Gasteiger partial charge in [0, 0.05) is 17.0 Å². The van der Waals surface area contributed by atoms with Crippen LogP contribution in [0, 0.1) is 0 Å². The van der Waals surface area contributed by atoms with Crippen molar-refractivity contribution in [3.63, 3.8) is 0 Å². The van der Waals surface area contributed by atoms with Gasteiger partial charge in [-0.3, -0.25) is 4.79 Å². The number of anilines is 1. The third-order valence-corrected chi connectivity index (χ3v) is 5.44. The third-order valence-electron chi connectivity index (χ3n) is 4.39. The summed E-state index contributed by atoms with van der Waals surface area (Å²) in [6.07, 6.45) is 1.27. The average molecular weight is 371 g/mol. The van der Waals surface area contributed by atoms with E-state index in [0.717, 1.165) is 28.1 Å². The molecule has 6 heteroatoms. The number of carbonyl (C=O) groups is 2. The molecular formula is C20H21NO4S. The van der Waals surface area contributed by atoms with E-state index in [9.17, 15) is 9.59 Å². The van der Waals surface area contributed by atoms with Gasteiger partial charge in [0.25, 0.3) is 0 Å². The zero-order valence-electron chi connectivity index (χ0n) is 14.6. The standard InChI is InChI=1S/C20H21NO4S/c1-13(2)14-3-5-15(6-4-14)21-16(7-10-19(21)22)11-25-12-17-8-9-18(26-17)20(23)24/h3-6,8-9,16H,1,7,10-12H2,2H3,(H,23,24)/t16-/m1/s1. The van der Waals surface area contributed by atoms with Crippen molar-refractivity contribution in [1.82, 2.24) is 0 Å². The first-order valence-corrected chi connectivity index (χ1v) is 9.25. The molecule has 136 valence electrons. The molecular weight excluding hydrogens is 350 g/mol. The molecule has 26 heavy (non-hydrogen) atoms. The molecule has 1 aliphatic heterocycles. The van der Waals surface area contributed by atoms with Crippen LogP contribution in [0.15, 0.2) is 43.0 Å². The summed E-state index contributed by atoms with van der Waals surface area (Å²) in [6.45, 7) is 6.66. The number of allylic oxidation sites excluding steroid dienone is 1. The molecule has 0 aliphatic carbocycles. The van der Waals surface area contributed by atoms with Crippen molar-refractivity contribution in [3.05, 3.63) is 58.3 Å². The molecule has 1 atom stereocenters. The number of amides is 1. The van der Waals surface area contributed by atoms with Crippen molar-refractivity contribution < 1.29 is 19.4 Å². The van der Waals surface area contributed by atoms with Crippen LogP contribution in [0.3, 0.4) is 0 Å². The summed E-state index contributed by atoms with van der Waals surface area (Å²) < 4.78 is 5.77. The summed E-state index contributed by atoms with van der Waals surface area (Å²) >= 11 is 1.21. The van der Waals surface area contributed by atoms with Gasteiger partial charge in [0.15, 0.2) is 0 Å². The normalized spacial score (nSPS) is 16.9. The Kier molecular flexibility index (Phi) is 5.54. The van der Waals surface area contributed by atoms with Crippen molar-refractivity contribution in [1.29, 1.82) is 0 Å². The highest BCUT2D eigenvalue weighted by Gasteiger charge is 2.32. The van der Waals surface area contributed by atoms with E-state index in [0.29, 0.717) is 24.5 Å². The number of carboxylic acids is 1. The number of rotatable bonds is 7. The number of hydrogen-bond donors (Lipinski definition) is 1. The Morgan fingerprint density at radius 1 is 1.31 bits per heavy atom. The van der Waals surface area contributed by atoms with Crippen molar-refractivity contribution in [3.8, 4) is 0 Å². The maximum Gasteiger partial charge on any atom is 0.345 e. The van der Waals surface area contributed by atoms with Crippen LogP contribution in [0.2, 0.25) is 0 Å². The first-order valence-electron chi connectivity index (χ1n) is 8.43. The quantitative estimate of drug-likeness (QED) is 0.792. The molecule has 1 aromatic heterocycles. The smallest absolute Gasteiger partial charge is 0.345 e. The number of aromatic carboxylic acids is 1. The third kappa shape index (κ3) is 4.03. The maximum absolute atomic E-state index is 12.3. The molecule has 1 fully saturated rings. The number of carbonyl (C=O) groups excluding carboxylic acids is 1. The number of carboxylic acid groups (broad SMARTS) is 1. The summed E-state index contributed by atoms with van der Waals surface area (Å²) in [7, 11) is 0. The van der Waals surface area contributed by atoms with Gasteiger partial charge in [0.05, 0.1) is 19.3 Å². The summed E-state index contributed by atoms with van der Waals surface area (Å²) in [5, 5.41) is 8.96. The predicted octanol–water partition coefficient (Wildman–Crippen LogP) is 4.19. The summed E-state index contributed by atoms with van der Waals surface area (Å²) in [5.74, 6) is -0.821. The van der Waals surface area contributed by atoms with Gasteiger partial charge in [-0.1, -0.05) is 24.3 Å². The number of nitrogens with zero attached hydrogens (tertiary/aromatic N) is 1. The Balaban J connectivity index is 1.62. The van der Waals surface area contributed by atoms with E-state index in [1.165, 1.54) is 11.3 Å². The fourth-order valence-electron chi connectivity index (χ4n) is 3.03. The van der Waals surface area contributed by atoms with Crippen molar-refractivity contribution in [2.24, 2.45) is 0 Å². The molecule has 1 saturated heterocycles. The monoisotopic (exact) mass is 371 g/mol. The summed E-state index contributed by atoms with van der Waals surface area (Å²) in [4.78, 5) is 26.2. The lowest BCUT2D eigenvalue weighted by Crippen LogP contribution is -2.36. The summed E-state index contributed by atoms with van der Waals surface area (Å²) in [6, 6.07) is 11.2. The molecule has 0 unspecified atom stereocenters. The van der Waals surface area contributed by atoms with E-state index in [1.54, 1.807) is 17.0 Å². The molecule has 3 rings (SSSR count). The average Bonchev–Trinajstić information content (AvgIpc) is 3.22. The van der Waals surface area contributed by atoms with Crippen LogP contribution in [0.25, 0.3) is 5.57 Å². The van der Waals surface area contributed by atoms with E-state index < -0.39 is 5.97 Å². The Bertz CT molecular complexity index is 825. The van der Waals surface area contributed by atoms with E-state index >= 15 is 0 Å². The van der Waals surface area contributed by atoms with Crippen LogP contribution < -0.4 is 4.90 Å². The van der Waals surface area contributed by atoms with Gasteiger partial charge in [-0.2, -0.15) is 0 Å². The SMILES string of the molecule is C=C(C)c1ccc(N2C(=O)CC[C@@H]2COCc2ccc(C(=O)O)s2)cc1. The minimum atomic E-state index is -0.924. The minimum absolute atomic E-state index is 0.00270. The fourth-order valence-corrected chi connectivity index (χ4v) is 3.81. The van der Waals surface area contributed by atoms with Crippen LogP contribution in [-0.2, 0) is 16.1 Å². The highest BCUT2D eigenvalue weighted by Crippen LogP contribution is 2.28. The molecule has 1 N–H and O–H groups in total. The molecule has 2 heterocycles. The predicted molar refractivity (Wildman–Crippen MR) is 103 cm³/mol. The zero-order chi connectivity index (χ0) is 18.7. The molecule has 0 bridgehead atoms. The molecule has 1 aliphatic rings. The Labute approximate surface area is 156 Å². The fraction of sp³-hybridized carbons (Fsp3) is 0.300. The number of thiophene rings is 1. The highest BCUT2D eigenvalue weighted by atomic mass is 32.1. The summed E-state index contributed by atoms with van der Waals surface area (Å²) in [5.41, 5.74) is 2.91. The Morgan fingerprint density at radius 2 is 2.04 bits per heavy atom. The van der Waals surface area contributed by atoms with E-state index in [2.05, 4.69) is 6.58 Å². The topological polar surface area (TPSA) is 66.8 Å². The lowest BCUT2D eigenvalue weighted by molar-refractivity contribution is -0.117. The highest BCUT2D eigenvalue weighted by molar-refractivity contribution is 7.13. The van der Waals surface area contributed by atoms with Crippen molar-refractivity contribution >= 4 is 34.5 Å². The lowest BCUT2D eigenvalue weighted by Gasteiger charge is -2.25. The van der Waals surface area contributed by atoms with Crippen LogP contribution in [-0.4, -0.2) is 29.6 Å². The van der Waals surface area contributed by atoms with Crippen molar-refractivity contribution in [2.75, 3.05) is 11.5 Å². The molecule has 1 amide bonds. The van der Waals surface area contributed by atoms with E-state index in [4.69, 9.17) is 9.84 Å². The molecule has 0 radical (unpaired) electrons. The zero-order valence-corrected chi connectivity index (χ0v) is 15.4. The van der Waals surface area contributed by atoms with Gasteiger partial charge in [-0.15, -0.1) is 11.3 Å². The van der Waals surface area contributed by atoms with Crippen LogP contribution in [0.1, 0.15) is 39.9 Å². The number of benzene rings is 1. The molecule has 5 nitrogen and oxygen atoms in total. The first kappa shape index (κ1) is 18.4. The van der Waals surface area contributed by atoms with Gasteiger partial charge < -0.3 is 14.7 Å². The van der Waals surface area contributed by atoms with Crippen LogP contribution in [0.4, 0.5) is 5.69 Å². The molecule has 2 aromatic rings. The van der Waals surface area contributed by atoms with Crippen LogP contribution >= 0.6 is 11.3 Å². The van der Waals surface area contributed by atoms with Crippen LogP contribution in [0.5, 0.6) is 0 Å².